The second kappa shape index (κ2) is 11.7. The molecule has 164 valence electrons. The van der Waals surface area contributed by atoms with Crippen molar-refractivity contribution in [2.75, 3.05) is 0 Å². The highest BCUT2D eigenvalue weighted by Crippen LogP contribution is 2.50. The molecular formula is C30H44. The van der Waals surface area contributed by atoms with E-state index in [0.29, 0.717) is 23.7 Å². The van der Waals surface area contributed by atoms with E-state index < -0.39 is 0 Å². The van der Waals surface area contributed by atoms with Crippen molar-refractivity contribution in [2.24, 2.45) is 11.8 Å². The van der Waals surface area contributed by atoms with Gasteiger partial charge in [0.1, 0.15) is 0 Å². The number of benzene rings is 2. The average molecular weight is 405 g/mol. The lowest BCUT2D eigenvalue weighted by atomic mass is 9.64. The van der Waals surface area contributed by atoms with Crippen molar-refractivity contribution < 1.29 is 0 Å². The Hall–Kier alpha value is -1.56. The topological polar surface area (TPSA) is 0 Å². The smallest absolute Gasteiger partial charge is 0.0121 e. The Morgan fingerprint density at radius 3 is 1.17 bits per heavy atom. The van der Waals surface area contributed by atoms with Crippen molar-refractivity contribution >= 4 is 0 Å². The number of unbranched alkanes of at least 4 members (excludes halogenated alkanes) is 6. The lowest BCUT2D eigenvalue weighted by Gasteiger charge is -2.39. The van der Waals surface area contributed by atoms with E-state index in [-0.39, 0.29) is 0 Å². The van der Waals surface area contributed by atoms with Crippen molar-refractivity contribution in [3.63, 3.8) is 0 Å². The van der Waals surface area contributed by atoms with Crippen LogP contribution in [0.4, 0.5) is 0 Å². The fraction of sp³-hybridized carbons (Fsp3) is 0.600. The molecule has 2 aromatic carbocycles. The Balaban J connectivity index is 1.88. The third-order valence-electron chi connectivity index (χ3n) is 7.50. The zero-order valence-corrected chi connectivity index (χ0v) is 20.0. The first-order valence-corrected chi connectivity index (χ1v) is 12.9. The van der Waals surface area contributed by atoms with Gasteiger partial charge < -0.3 is 0 Å². The van der Waals surface area contributed by atoms with Gasteiger partial charge in [0.05, 0.1) is 0 Å². The molecule has 0 saturated heterocycles. The van der Waals surface area contributed by atoms with E-state index in [1.54, 1.807) is 22.3 Å². The molecule has 0 nitrogen and oxygen atoms in total. The Kier molecular flexibility index (Phi) is 9.04. The number of fused-ring (bicyclic) bond motifs is 2. The molecule has 0 bridgehead atoms. The maximum Gasteiger partial charge on any atom is 0.0121 e. The van der Waals surface area contributed by atoms with E-state index in [0.717, 1.165) is 0 Å². The van der Waals surface area contributed by atoms with Crippen molar-refractivity contribution in [2.45, 2.75) is 104 Å². The van der Waals surface area contributed by atoms with Gasteiger partial charge in [-0.3, -0.25) is 0 Å². The summed E-state index contributed by atoms with van der Waals surface area (Å²) < 4.78 is 0. The summed E-state index contributed by atoms with van der Waals surface area (Å²) in [7, 11) is 0. The lowest BCUT2D eigenvalue weighted by Crippen LogP contribution is -2.26. The van der Waals surface area contributed by atoms with Gasteiger partial charge in [-0.25, -0.2) is 0 Å². The molecule has 0 radical (unpaired) electrons. The lowest BCUT2D eigenvalue weighted by molar-refractivity contribution is 0.403. The molecule has 0 heteroatoms. The zero-order valence-electron chi connectivity index (χ0n) is 20.0. The van der Waals surface area contributed by atoms with E-state index in [4.69, 9.17) is 0 Å². The summed E-state index contributed by atoms with van der Waals surface area (Å²) in [4.78, 5) is 0. The summed E-state index contributed by atoms with van der Waals surface area (Å²) in [5.41, 5.74) is 6.46. The van der Waals surface area contributed by atoms with E-state index in [9.17, 15) is 0 Å². The minimum atomic E-state index is 0.558. The zero-order chi connectivity index (χ0) is 21.3. The van der Waals surface area contributed by atoms with Crippen LogP contribution in [0.5, 0.6) is 0 Å². The summed E-state index contributed by atoms with van der Waals surface area (Å²) in [6, 6.07) is 18.8. The Morgan fingerprint density at radius 2 is 0.867 bits per heavy atom. The molecule has 0 aromatic heterocycles. The van der Waals surface area contributed by atoms with E-state index in [1.165, 1.54) is 64.2 Å². The molecule has 0 fully saturated rings. The highest BCUT2D eigenvalue weighted by Gasteiger charge is 2.36. The molecule has 3 rings (SSSR count). The van der Waals surface area contributed by atoms with E-state index >= 15 is 0 Å². The van der Waals surface area contributed by atoms with Crippen LogP contribution in [-0.4, -0.2) is 0 Å². The van der Waals surface area contributed by atoms with Gasteiger partial charge in [0.15, 0.2) is 0 Å². The molecule has 1 aliphatic rings. The third-order valence-corrected chi connectivity index (χ3v) is 7.50. The van der Waals surface area contributed by atoms with Crippen molar-refractivity contribution in [1.29, 1.82) is 0 Å². The minimum absolute atomic E-state index is 0.558. The predicted molar refractivity (Wildman–Crippen MR) is 132 cm³/mol. The first-order chi connectivity index (χ1) is 14.7. The fourth-order valence-corrected chi connectivity index (χ4v) is 5.84. The Labute approximate surface area is 186 Å². The number of hydrogen-bond acceptors (Lipinski definition) is 0. The van der Waals surface area contributed by atoms with Crippen LogP contribution in [0.25, 0.3) is 0 Å². The van der Waals surface area contributed by atoms with Crippen LogP contribution in [0.3, 0.4) is 0 Å². The van der Waals surface area contributed by atoms with Crippen LogP contribution < -0.4 is 0 Å². The molecular weight excluding hydrogens is 360 g/mol. The second-order valence-electron chi connectivity index (χ2n) is 9.87. The highest BCUT2D eigenvalue weighted by molar-refractivity contribution is 5.53. The van der Waals surface area contributed by atoms with Gasteiger partial charge in [-0.2, -0.15) is 0 Å². The maximum absolute atomic E-state index is 2.50. The fourth-order valence-electron chi connectivity index (χ4n) is 5.84. The van der Waals surface area contributed by atoms with Crippen molar-refractivity contribution in [3.05, 3.63) is 70.8 Å². The van der Waals surface area contributed by atoms with Crippen LogP contribution in [0.15, 0.2) is 48.5 Å². The summed E-state index contributed by atoms with van der Waals surface area (Å²) in [5.74, 6) is 2.51. The maximum atomic E-state index is 2.50. The summed E-state index contributed by atoms with van der Waals surface area (Å²) in [6.45, 7) is 9.61. The molecule has 2 unspecified atom stereocenters. The number of rotatable bonds is 12. The Morgan fingerprint density at radius 1 is 0.533 bits per heavy atom. The first-order valence-electron chi connectivity index (χ1n) is 12.9. The second-order valence-corrected chi connectivity index (χ2v) is 9.87. The standard InChI is InChI=1S/C30H44/c1-5-7-9-11-17-23(3)29-25-19-13-15-21-27(25)30(24(4)18-12-10-8-6-2)28-22-16-14-20-26(28)29/h13-16,19-24,29-30H,5-12,17-18H2,1-4H3. The molecule has 0 amide bonds. The molecule has 0 aliphatic heterocycles. The molecule has 0 spiro atoms. The van der Waals surface area contributed by atoms with Gasteiger partial charge in [-0.1, -0.05) is 128 Å². The minimum Gasteiger partial charge on any atom is -0.0654 e. The van der Waals surface area contributed by atoms with Crippen LogP contribution in [0.1, 0.15) is 126 Å². The Bertz CT molecular complexity index is 647. The quantitative estimate of drug-likeness (QED) is 0.309. The van der Waals surface area contributed by atoms with Crippen LogP contribution in [0, 0.1) is 11.8 Å². The largest absolute Gasteiger partial charge is 0.0654 e. The normalized spacial score (nSPS) is 19.7. The molecule has 1 aliphatic carbocycles. The molecule has 0 saturated carbocycles. The third kappa shape index (κ3) is 5.37. The first kappa shape index (κ1) is 23.1. The predicted octanol–water partition coefficient (Wildman–Crippen LogP) is 9.48. The van der Waals surface area contributed by atoms with Gasteiger partial charge in [-0.15, -0.1) is 0 Å². The van der Waals surface area contributed by atoms with Gasteiger partial charge in [0, 0.05) is 11.8 Å². The van der Waals surface area contributed by atoms with Crippen molar-refractivity contribution in [1.82, 2.24) is 0 Å². The summed E-state index contributed by atoms with van der Waals surface area (Å²) in [6.07, 6.45) is 13.6. The monoisotopic (exact) mass is 404 g/mol. The SMILES string of the molecule is CCCCCCC(C)C1c2ccccc2C(C(C)CCCCCC)c2ccccc21. The van der Waals surface area contributed by atoms with Gasteiger partial charge in [0.2, 0.25) is 0 Å². The van der Waals surface area contributed by atoms with Crippen LogP contribution in [0.2, 0.25) is 0 Å². The molecule has 0 N–H and O–H groups in total. The van der Waals surface area contributed by atoms with Crippen molar-refractivity contribution in [3.8, 4) is 0 Å². The van der Waals surface area contributed by atoms with Gasteiger partial charge >= 0.3 is 0 Å². The average Bonchev–Trinajstić information content (AvgIpc) is 2.77. The van der Waals surface area contributed by atoms with Crippen LogP contribution in [-0.2, 0) is 0 Å². The summed E-state index contributed by atoms with van der Waals surface area (Å²) >= 11 is 0. The van der Waals surface area contributed by atoms with Crippen LogP contribution >= 0.6 is 0 Å². The molecule has 30 heavy (non-hydrogen) atoms. The molecule has 0 heterocycles. The summed E-state index contributed by atoms with van der Waals surface area (Å²) in [5, 5.41) is 0. The molecule has 2 atom stereocenters. The van der Waals surface area contributed by atoms with Gasteiger partial charge in [0.25, 0.3) is 0 Å². The highest BCUT2D eigenvalue weighted by atomic mass is 14.4. The van der Waals surface area contributed by atoms with E-state index in [1.807, 2.05) is 0 Å². The van der Waals surface area contributed by atoms with Gasteiger partial charge in [-0.05, 0) is 46.9 Å². The van der Waals surface area contributed by atoms with E-state index in [2.05, 4.69) is 76.2 Å². The molecule has 2 aromatic rings. The number of hydrogen-bond donors (Lipinski definition) is 0.